The molecule has 0 bridgehead atoms. The summed E-state index contributed by atoms with van der Waals surface area (Å²) < 4.78 is 5.63. The molecular weight excluding hydrogens is 212 g/mol. The van der Waals surface area contributed by atoms with Crippen LogP contribution < -0.4 is 5.32 Å². The summed E-state index contributed by atoms with van der Waals surface area (Å²) in [6.07, 6.45) is 7.16. The van der Waals surface area contributed by atoms with E-state index >= 15 is 0 Å². The lowest BCUT2D eigenvalue weighted by Gasteiger charge is -2.28. The van der Waals surface area contributed by atoms with Gasteiger partial charge in [0.15, 0.2) is 0 Å². The summed E-state index contributed by atoms with van der Waals surface area (Å²) in [4.78, 5) is 2.51. The molecule has 0 amide bonds. The molecule has 0 saturated carbocycles. The van der Waals surface area contributed by atoms with Crippen LogP contribution in [0.1, 0.15) is 39.0 Å². The van der Waals surface area contributed by atoms with Gasteiger partial charge >= 0.3 is 0 Å². The van der Waals surface area contributed by atoms with Crippen LogP contribution in [-0.4, -0.2) is 50.3 Å². The van der Waals surface area contributed by atoms with Crippen LogP contribution >= 0.6 is 0 Å². The number of hydrogen-bond donors (Lipinski definition) is 1. The fourth-order valence-corrected chi connectivity index (χ4v) is 3.26. The molecule has 3 atom stereocenters. The average molecular weight is 240 g/mol. The van der Waals surface area contributed by atoms with Crippen molar-refractivity contribution in [2.24, 2.45) is 5.92 Å². The Morgan fingerprint density at radius 1 is 1.35 bits per heavy atom. The van der Waals surface area contributed by atoms with Crippen molar-refractivity contribution < 1.29 is 4.74 Å². The second kappa shape index (κ2) is 6.72. The molecule has 0 aromatic heterocycles. The zero-order valence-electron chi connectivity index (χ0n) is 11.5. The van der Waals surface area contributed by atoms with Gasteiger partial charge in [-0.25, -0.2) is 0 Å². The molecule has 2 fully saturated rings. The molecule has 2 saturated heterocycles. The van der Waals surface area contributed by atoms with Crippen molar-refractivity contribution in [3.05, 3.63) is 0 Å². The topological polar surface area (TPSA) is 24.5 Å². The Morgan fingerprint density at radius 2 is 2.24 bits per heavy atom. The Bertz CT molecular complexity index is 216. The van der Waals surface area contributed by atoms with Crippen molar-refractivity contribution >= 4 is 0 Å². The molecule has 0 aromatic rings. The van der Waals surface area contributed by atoms with Crippen molar-refractivity contribution in [2.45, 2.75) is 51.2 Å². The Hall–Kier alpha value is -0.120. The van der Waals surface area contributed by atoms with Crippen LogP contribution in [0.15, 0.2) is 0 Å². The summed E-state index contributed by atoms with van der Waals surface area (Å²) in [6.45, 7) is 6.86. The van der Waals surface area contributed by atoms with Crippen LogP contribution in [0.4, 0.5) is 0 Å². The lowest BCUT2D eigenvalue weighted by molar-refractivity contribution is 0.0826. The predicted octanol–water partition coefficient (Wildman–Crippen LogP) is 1.88. The van der Waals surface area contributed by atoms with Crippen LogP contribution in [0.25, 0.3) is 0 Å². The quantitative estimate of drug-likeness (QED) is 0.794. The highest BCUT2D eigenvalue weighted by molar-refractivity contribution is 4.80. The maximum absolute atomic E-state index is 5.63. The highest BCUT2D eigenvalue weighted by atomic mass is 16.5. The minimum absolute atomic E-state index is 0.427. The molecule has 100 valence electrons. The predicted molar refractivity (Wildman–Crippen MR) is 71.3 cm³/mol. The Morgan fingerprint density at radius 3 is 2.88 bits per heavy atom. The first-order chi connectivity index (χ1) is 8.27. The monoisotopic (exact) mass is 240 g/mol. The Labute approximate surface area is 106 Å². The van der Waals surface area contributed by atoms with Crippen LogP contribution in [0, 0.1) is 5.92 Å². The van der Waals surface area contributed by atoms with E-state index in [0.717, 1.165) is 12.5 Å². The molecule has 2 rings (SSSR count). The van der Waals surface area contributed by atoms with Crippen molar-refractivity contribution in [2.75, 3.05) is 33.3 Å². The molecule has 3 unspecified atom stereocenters. The molecule has 3 heteroatoms. The molecule has 2 aliphatic rings. The Balaban J connectivity index is 1.60. The summed E-state index contributed by atoms with van der Waals surface area (Å²) in [5.74, 6) is 0.925. The average Bonchev–Trinajstić information content (AvgIpc) is 2.77. The van der Waals surface area contributed by atoms with Crippen LogP contribution in [-0.2, 0) is 4.74 Å². The van der Waals surface area contributed by atoms with Crippen LogP contribution in [0.5, 0.6) is 0 Å². The number of ether oxygens (including phenoxy) is 1. The van der Waals surface area contributed by atoms with E-state index in [2.05, 4.69) is 24.2 Å². The fourth-order valence-electron chi connectivity index (χ4n) is 3.26. The third-order valence-corrected chi connectivity index (χ3v) is 4.42. The van der Waals surface area contributed by atoms with E-state index in [1.54, 1.807) is 0 Å². The van der Waals surface area contributed by atoms with Crippen LogP contribution in [0.2, 0.25) is 0 Å². The largest absolute Gasteiger partial charge is 0.377 e. The van der Waals surface area contributed by atoms with Gasteiger partial charge in [-0.15, -0.1) is 0 Å². The third-order valence-electron chi connectivity index (χ3n) is 4.42. The lowest BCUT2D eigenvalue weighted by Crippen LogP contribution is -2.37. The number of nitrogens with zero attached hydrogens (tertiary/aromatic N) is 1. The summed E-state index contributed by atoms with van der Waals surface area (Å²) in [6, 6.07) is 0.652. The Kier molecular flexibility index (Phi) is 5.26. The summed E-state index contributed by atoms with van der Waals surface area (Å²) in [5, 5.41) is 3.50. The van der Waals surface area contributed by atoms with Gasteiger partial charge in [0.25, 0.3) is 0 Å². The first kappa shape index (κ1) is 13.3. The van der Waals surface area contributed by atoms with E-state index in [9.17, 15) is 0 Å². The van der Waals surface area contributed by atoms with Gasteiger partial charge in [0.2, 0.25) is 0 Å². The molecule has 0 aliphatic carbocycles. The molecule has 0 aromatic carbocycles. The summed E-state index contributed by atoms with van der Waals surface area (Å²) >= 11 is 0. The lowest BCUT2D eigenvalue weighted by atomic mass is 9.94. The number of rotatable bonds is 5. The van der Waals surface area contributed by atoms with Crippen molar-refractivity contribution in [3.8, 4) is 0 Å². The van der Waals surface area contributed by atoms with Gasteiger partial charge in [0.05, 0.1) is 6.10 Å². The maximum Gasteiger partial charge on any atom is 0.0702 e. The number of nitrogens with one attached hydrogen (secondary N) is 1. The SMILES string of the molecule is CC1OCCC1N(C)CCCC1CCCNC1. The highest BCUT2D eigenvalue weighted by Crippen LogP contribution is 2.20. The van der Waals surface area contributed by atoms with Crippen molar-refractivity contribution in [1.82, 2.24) is 10.2 Å². The zero-order chi connectivity index (χ0) is 12.1. The second-order valence-electron chi connectivity index (χ2n) is 5.77. The molecular formula is C14H28N2O. The molecule has 3 nitrogen and oxygen atoms in total. The van der Waals surface area contributed by atoms with Crippen molar-refractivity contribution in [3.63, 3.8) is 0 Å². The first-order valence-electron chi connectivity index (χ1n) is 7.30. The molecule has 0 radical (unpaired) electrons. The van der Waals surface area contributed by atoms with Crippen molar-refractivity contribution in [1.29, 1.82) is 0 Å². The smallest absolute Gasteiger partial charge is 0.0702 e. The molecule has 0 spiro atoms. The van der Waals surface area contributed by atoms with Crippen LogP contribution in [0.3, 0.4) is 0 Å². The van der Waals surface area contributed by atoms with E-state index in [-0.39, 0.29) is 0 Å². The van der Waals surface area contributed by atoms with E-state index < -0.39 is 0 Å². The normalized spacial score (nSPS) is 34.4. The molecule has 2 heterocycles. The number of hydrogen-bond acceptors (Lipinski definition) is 3. The minimum atomic E-state index is 0.427. The van der Waals surface area contributed by atoms with Gasteiger partial charge in [-0.1, -0.05) is 0 Å². The van der Waals surface area contributed by atoms with E-state index in [1.165, 1.54) is 51.7 Å². The molecule has 1 N–H and O–H groups in total. The van der Waals surface area contributed by atoms with Gasteiger partial charge in [-0.05, 0) is 71.6 Å². The number of likely N-dealkylation sites (N-methyl/N-ethyl adjacent to an activating group) is 1. The standard InChI is InChI=1S/C14H28N2O/c1-12-14(7-10-17-12)16(2)9-4-6-13-5-3-8-15-11-13/h12-15H,3-11H2,1-2H3. The zero-order valence-corrected chi connectivity index (χ0v) is 11.5. The van der Waals surface area contributed by atoms with E-state index in [1.807, 2.05) is 0 Å². The van der Waals surface area contributed by atoms with Gasteiger partial charge in [0, 0.05) is 12.6 Å². The maximum atomic E-state index is 5.63. The summed E-state index contributed by atoms with van der Waals surface area (Å²) in [5.41, 5.74) is 0. The van der Waals surface area contributed by atoms with E-state index in [4.69, 9.17) is 4.74 Å². The van der Waals surface area contributed by atoms with Gasteiger partial charge in [-0.3, -0.25) is 0 Å². The highest BCUT2D eigenvalue weighted by Gasteiger charge is 2.27. The minimum Gasteiger partial charge on any atom is -0.377 e. The fraction of sp³-hybridized carbons (Fsp3) is 1.00. The third kappa shape index (κ3) is 3.94. The van der Waals surface area contributed by atoms with Gasteiger partial charge in [-0.2, -0.15) is 0 Å². The molecule has 2 aliphatic heterocycles. The van der Waals surface area contributed by atoms with E-state index in [0.29, 0.717) is 12.1 Å². The van der Waals surface area contributed by atoms with Gasteiger partial charge in [0.1, 0.15) is 0 Å². The first-order valence-corrected chi connectivity index (χ1v) is 7.30. The number of piperidine rings is 1. The van der Waals surface area contributed by atoms with Gasteiger partial charge < -0.3 is 15.0 Å². The molecule has 17 heavy (non-hydrogen) atoms. The summed E-state index contributed by atoms with van der Waals surface area (Å²) in [7, 11) is 2.26. The second-order valence-corrected chi connectivity index (χ2v) is 5.77.